The average molecular weight is 367 g/mol. The van der Waals surface area contributed by atoms with E-state index in [2.05, 4.69) is 19.2 Å². The van der Waals surface area contributed by atoms with Crippen LogP contribution in [-0.4, -0.2) is 18.6 Å². The predicted octanol–water partition coefficient (Wildman–Crippen LogP) is 5.12. The second kappa shape index (κ2) is 9.45. The molecule has 1 aliphatic heterocycles. The highest BCUT2D eigenvalue weighted by molar-refractivity contribution is 5.78. The van der Waals surface area contributed by atoms with Crippen LogP contribution in [0.25, 0.3) is 0 Å². The molecule has 1 amide bonds. The zero-order valence-electron chi connectivity index (χ0n) is 16.2. The molecule has 27 heavy (non-hydrogen) atoms. The number of ether oxygens (including phenoxy) is 2. The maximum atomic E-state index is 12.4. The van der Waals surface area contributed by atoms with Gasteiger partial charge in [0.1, 0.15) is 23.4 Å². The van der Waals surface area contributed by atoms with Gasteiger partial charge in [0.25, 0.3) is 0 Å². The molecule has 0 spiro atoms. The van der Waals surface area contributed by atoms with Gasteiger partial charge < -0.3 is 14.8 Å². The third-order valence-electron chi connectivity index (χ3n) is 5.03. The largest absolute Gasteiger partial charge is 0.488 e. The van der Waals surface area contributed by atoms with E-state index in [1.165, 1.54) is 0 Å². The van der Waals surface area contributed by atoms with Crippen LogP contribution in [0.4, 0.5) is 0 Å². The van der Waals surface area contributed by atoms with Crippen molar-refractivity contribution in [3.63, 3.8) is 0 Å². The van der Waals surface area contributed by atoms with Crippen LogP contribution < -0.4 is 14.8 Å². The lowest BCUT2D eigenvalue weighted by Gasteiger charge is -2.17. The Kier molecular flexibility index (Phi) is 6.74. The van der Waals surface area contributed by atoms with Gasteiger partial charge in [-0.3, -0.25) is 4.79 Å². The Morgan fingerprint density at radius 3 is 2.74 bits per heavy atom. The Morgan fingerprint density at radius 2 is 2.00 bits per heavy atom. The fraction of sp³-hybridized carbons (Fsp3) is 0.435. The van der Waals surface area contributed by atoms with Crippen molar-refractivity contribution in [1.29, 1.82) is 0 Å². The summed E-state index contributed by atoms with van der Waals surface area (Å²) >= 11 is 0. The molecule has 0 aliphatic carbocycles. The van der Waals surface area contributed by atoms with E-state index in [1.807, 2.05) is 48.5 Å². The van der Waals surface area contributed by atoms with Gasteiger partial charge in [-0.15, -0.1) is 0 Å². The predicted molar refractivity (Wildman–Crippen MR) is 107 cm³/mol. The molecular weight excluding hydrogens is 338 g/mol. The summed E-state index contributed by atoms with van der Waals surface area (Å²) in [4.78, 5) is 12.4. The number of nitrogens with one attached hydrogen (secondary N) is 1. The number of rotatable bonds is 9. The van der Waals surface area contributed by atoms with Gasteiger partial charge in [-0.25, -0.2) is 0 Å². The topological polar surface area (TPSA) is 47.6 Å². The van der Waals surface area contributed by atoms with Gasteiger partial charge in [-0.05, 0) is 43.2 Å². The first-order valence-electron chi connectivity index (χ1n) is 9.99. The van der Waals surface area contributed by atoms with Crippen LogP contribution in [0.3, 0.4) is 0 Å². The Bertz CT molecular complexity index is 745. The van der Waals surface area contributed by atoms with Gasteiger partial charge >= 0.3 is 0 Å². The summed E-state index contributed by atoms with van der Waals surface area (Å²) in [5, 5.41) is 3.08. The molecule has 1 aliphatic rings. The number of carbonyl (C=O) groups excluding carboxylic acids is 1. The molecule has 4 heteroatoms. The fourth-order valence-electron chi connectivity index (χ4n) is 3.43. The summed E-state index contributed by atoms with van der Waals surface area (Å²) in [7, 11) is 0. The molecule has 3 rings (SSSR count). The second-order valence-electron chi connectivity index (χ2n) is 7.12. The Hall–Kier alpha value is -2.49. The van der Waals surface area contributed by atoms with Gasteiger partial charge in [0.15, 0.2) is 0 Å². The van der Waals surface area contributed by atoms with Crippen molar-refractivity contribution in [2.24, 2.45) is 5.92 Å². The van der Waals surface area contributed by atoms with Crippen molar-refractivity contribution in [3.8, 4) is 17.2 Å². The summed E-state index contributed by atoms with van der Waals surface area (Å²) in [5.74, 6) is 2.77. The molecule has 2 aromatic carbocycles. The number of hydrogen-bond acceptors (Lipinski definition) is 3. The van der Waals surface area contributed by atoms with Crippen LogP contribution in [-0.2, 0) is 11.2 Å². The van der Waals surface area contributed by atoms with Gasteiger partial charge in [-0.1, -0.05) is 44.9 Å². The van der Waals surface area contributed by atoms with E-state index >= 15 is 0 Å². The molecule has 2 atom stereocenters. The minimum atomic E-state index is -0.0143. The minimum absolute atomic E-state index is 0.0143. The first-order valence-corrected chi connectivity index (χ1v) is 9.99. The summed E-state index contributed by atoms with van der Waals surface area (Å²) in [6.07, 6.45) is 4.84. The van der Waals surface area contributed by atoms with Crippen LogP contribution in [0.1, 0.15) is 45.1 Å². The Balaban J connectivity index is 1.52. The molecule has 2 aromatic rings. The van der Waals surface area contributed by atoms with Crippen molar-refractivity contribution in [2.75, 3.05) is 6.54 Å². The van der Waals surface area contributed by atoms with E-state index in [9.17, 15) is 4.79 Å². The number of unbranched alkanes of at least 4 members (excludes halogenated alkanes) is 1. The van der Waals surface area contributed by atoms with E-state index in [0.717, 1.165) is 54.9 Å². The maximum absolute atomic E-state index is 12.4. The number of fused-ring (bicyclic) bond motifs is 1. The lowest BCUT2D eigenvalue weighted by molar-refractivity contribution is -0.125. The molecule has 0 fully saturated rings. The lowest BCUT2D eigenvalue weighted by Crippen LogP contribution is -2.37. The van der Waals surface area contributed by atoms with Crippen molar-refractivity contribution >= 4 is 5.91 Å². The molecule has 1 heterocycles. The third-order valence-corrected chi connectivity index (χ3v) is 5.03. The van der Waals surface area contributed by atoms with Crippen molar-refractivity contribution in [2.45, 2.75) is 52.1 Å². The molecule has 0 unspecified atom stereocenters. The molecule has 144 valence electrons. The summed E-state index contributed by atoms with van der Waals surface area (Å²) in [6.45, 7) is 4.78. The van der Waals surface area contributed by atoms with E-state index in [1.54, 1.807) is 0 Å². The summed E-state index contributed by atoms with van der Waals surface area (Å²) < 4.78 is 11.9. The molecule has 1 N–H and O–H groups in total. The van der Waals surface area contributed by atoms with Crippen LogP contribution >= 0.6 is 0 Å². The monoisotopic (exact) mass is 367 g/mol. The second-order valence-corrected chi connectivity index (χ2v) is 7.12. The van der Waals surface area contributed by atoms with Gasteiger partial charge in [-0.2, -0.15) is 0 Å². The van der Waals surface area contributed by atoms with E-state index in [-0.39, 0.29) is 17.9 Å². The minimum Gasteiger partial charge on any atom is -0.488 e. The number of carbonyl (C=O) groups is 1. The normalized spacial score (nSPS) is 16.3. The molecule has 0 saturated carbocycles. The van der Waals surface area contributed by atoms with Crippen LogP contribution in [0.2, 0.25) is 0 Å². The standard InChI is InChI=1S/C23H29NO3/c1-3-5-9-17(4-2)23(25)24-16-21-15-18-14-20(12-13-22(18)27-21)26-19-10-7-6-8-11-19/h6-8,10-14,17,21H,3-5,9,15-16H2,1-2H3,(H,24,25)/t17-,21-/m0/s1. The Morgan fingerprint density at radius 1 is 1.19 bits per heavy atom. The smallest absolute Gasteiger partial charge is 0.223 e. The number of hydrogen-bond donors (Lipinski definition) is 1. The van der Waals surface area contributed by atoms with Gasteiger partial charge in [0.2, 0.25) is 5.91 Å². The van der Waals surface area contributed by atoms with E-state index in [0.29, 0.717) is 6.54 Å². The fourth-order valence-corrected chi connectivity index (χ4v) is 3.43. The van der Waals surface area contributed by atoms with E-state index < -0.39 is 0 Å². The average Bonchev–Trinajstić information content (AvgIpc) is 3.10. The van der Waals surface area contributed by atoms with E-state index in [4.69, 9.17) is 9.47 Å². The number of para-hydroxylation sites is 1. The van der Waals surface area contributed by atoms with Crippen LogP contribution in [0.5, 0.6) is 17.2 Å². The first kappa shape index (κ1) is 19.3. The number of amides is 1. The zero-order chi connectivity index (χ0) is 19.1. The first-order chi connectivity index (χ1) is 13.2. The van der Waals surface area contributed by atoms with Crippen LogP contribution in [0.15, 0.2) is 48.5 Å². The number of benzene rings is 2. The highest BCUT2D eigenvalue weighted by Crippen LogP contribution is 2.33. The zero-order valence-corrected chi connectivity index (χ0v) is 16.2. The van der Waals surface area contributed by atoms with Crippen molar-refractivity contribution < 1.29 is 14.3 Å². The highest BCUT2D eigenvalue weighted by Gasteiger charge is 2.25. The highest BCUT2D eigenvalue weighted by atomic mass is 16.5. The molecule has 0 saturated heterocycles. The quantitative estimate of drug-likeness (QED) is 0.669. The molecule has 4 nitrogen and oxygen atoms in total. The molecular formula is C23H29NO3. The lowest BCUT2D eigenvalue weighted by atomic mass is 9.98. The van der Waals surface area contributed by atoms with Gasteiger partial charge in [0.05, 0.1) is 6.54 Å². The summed E-state index contributed by atoms with van der Waals surface area (Å²) in [5.41, 5.74) is 1.13. The van der Waals surface area contributed by atoms with Crippen molar-refractivity contribution in [3.05, 3.63) is 54.1 Å². The molecule has 0 radical (unpaired) electrons. The summed E-state index contributed by atoms with van der Waals surface area (Å²) in [6, 6.07) is 15.6. The van der Waals surface area contributed by atoms with Crippen LogP contribution in [0, 0.1) is 5.92 Å². The molecule has 0 aromatic heterocycles. The molecule has 0 bridgehead atoms. The Labute approximate surface area is 161 Å². The van der Waals surface area contributed by atoms with Crippen molar-refractivity contribution in [1.82, 2.24) is 5.32 Å². The maximum Gasteiger partial charge on any atom is 0.223 e. The SMILES string of the molecule is CCCC[C@H](CC)C(=O)NC[C@@H]1Cc2cc(Oc3ccccc3)ccc2O1. The third kappa shape index (κ3) is 5.25. The van der Waals surface area contributed by atoms with Gasteiger partial charge in [0, 0.05) is 17.9 Å².